The molecular formula is C15H25N3S. The minimum atomic E-state index is 0.321. The van der Waals surface area contributed by atoms with E-state index in [1.54, 1.807) is 0 Å². The molecule has 0 saturated carbocycles. The average Bonchev–Trinajstić information content (AvgIpc) is 2.90. The topological polar surface area (TPSA) is 29.9 Å². The molecule has 4 heteroatoms. The third-order valence-corrected chi connectivity index (χ3v) is 6.09. The standard InChI is InChI=1S/C15H25N3S/c1-15(5-7-16-8-6-15)14-10-17-12-18(14)11-13-4-2-3-9-19-13/h10,12-13,16H,2-9,11H2,1H3. The van der Waals surface area contributed by atoms with Gasteiger partial charge in [-0.2, -0.15) is 11.8 Å². The van der Waals surface area contributed by atoms with Crippen LogP contribution in [0.5, 0.6) is 0 Å². The number of hydrogen-bond acceptors (Lipinski definition) is 3. The van der Waals surface area contributed by atoms with Gasteiger partial charge in [0.25, 0.3) is 0 Å². The fourth-order valence-electron chi connectivity index (χ4n) is 3.37. The maximum Gasteiger partial charge on any atom is 0.0948 e. The highest BCUT2D eigenvalue weighted by Crippen LogP contribution is 2.34. The van der Waals surface area contributed by atoms with Crippen LogP contribution in [-0.4, -0.2) is 33.6 Å². The summed E-state index contributed by atoms with van der Waals surface area (Å²) in [6.45, 7) is 5.85. The molecule has 1 unspecified atom stereocenters. The largest absolute Gasteiger partial charge is 0.333 e. The lowest BCUT2D eigenvalue weighted by Crippen LogP contribution is -2.39. The van der Waals surface area contributed by atoms with Gasteiger partial charge in [-0.3, -0.25) is 0 Å². The highest BCUT2D eigenvalue weighted by molar-refractivity contribution is 7.99. The molecule has 19 heavy (non-hydrogen) atoms. The molecule has 1 aromatic rings. The molecular weight excluding hydrogens is 254 g/mol. The molecule has 0 radical (unpaired) electrons. The first-order valence-electron chi connectivity index (χ1n) is 7.61. The third kappa shape index (κ3) is 3.00. The summed E-state index contributed by atoms with van der Waals surface area (Å²) in [5.74, 6) is 1.34. The van der Waals surface area contributed by atoms with Gasteiger partial charge >= 0.3 is 0 Å². The summed E-state index contributed by atoms with van der Waals surface area (Å²) in [4.78, 5) is 4.44. The molecule has 2 aliphatic heterocycles. The summed E-state index contributed by atoms with van der Waals surface area (Å²) >= 11 is 2.15. The molecule has 0 amide bonds. The fourth-order valence-corrected chi connectivity index (χ4v) is 4.68. The van der Waals surface area contributed by atoms with Crippen molar-refractivity contribution < 1.29 is 0 Å². The number of rotatable bonds is 3. The number of piperidine rings is 1. The van der Waals surface area contributed by atoms with E-state index < -0.39 is 0 Å². The highest BCUT2D eigenvalue weighted by Gasteiger charge is 2.32. The van der Waals surface area contributed by atoms with Crippen molar-refractivity contribution >= 4 is 11.8 Å². The van der Waals surface area contributed by atoms with Gasteiger partial charge in [0.2, 0.25) is 0 Å². The number of imidazole rings is 1. The molecule has 2 aliphatic rings. The van der Waals surface area contributed by atoms with Crippen LogP contribution >= 0.6 is 11.8 Å². The molecule has 0 aromatic carbocycles. The van der Waals surface area contributed by atoms with Gasteiger partial charge in [-0.25, -0.2) is 4.98 Å². The Labute approximate surface area is 120 Å². The van der Waals surface area contributed by atoms with E-state index in [0.29, 0.717) is 5.41 Å². The Morgan fingerprint density at radius 3 is 3.00 bits per heavy atom. The smallest absolute Gasteiger partial charge is 0.0948 e. The van der Waals surface area contributed by atoms with Crippen LogP contribution < -0.4 is 5.32 Å². The van der Waals surface area contributed by atoms with E-state index in [2.05, 4.69) is 46.1 Å². The van der Waals surface area contributed by atoms with Crippen molar-refractivity contribution in [3.05, 3.63) is 18.2 Å². The number of nitrogens with one attached hydrogen (secondary N) is 1. The highest BCUT2D eigenvalue weighted by atomic mass is 32.2. The van der Waals surface area contributed by atoms with Crippen LogP contribution in [0.2, 0.25) is 0 Å². The van der Waals surface area contributed by atoms with E-state index in [9.17, 15) is 0 Å². The lowest BCUT2D eigenvalue weighted by Gasteiger charge is -2.35. The van der Waals surface area contributed by atoms with Crippen LogP contribution in [0.4, 0.5) is 0 Å². The maximum atomic E-state index is 4.44. The molecule has 106 valence electrons. The average molecular weight is 279 g/mol. The molecule has 0 spiro atoms. The lowest BCUT2D eigenvalue weighted by atomic mass is 9.78. The second-order valence-corrected chi connectivity index (χ2v) is 7.64. The Morgan fingerprint density at radius 1 is 1.42 bits per heavy atom. The van der Waals surface area contributed by atoms with E-state index in [0.717, 1.165) is 24.9 Å². The van der Waals surface area contributed by atoms with Crippen LogP contribution in [0.3, 0.4) is 0 Å². The van der Waals surface area contributed by atoms with Gasteiger partial charge in [-0.1, -0.05) is 13.3 Å². The Bertz CT molecular complexity index is 403. The molecule has 2 fully saturated rings. The predicted molar refractivity (Wildman–Crippen MR) is 81.8 cm³/mol. The maximum absolute atomic E-state index is 4.44. The first-order valence-corrected chi connectivity index (χ1v) is 8.66. The van der Waals surface area contributed by atoms with Gasteiger partial charge in [0.15, 0.2) is 0 Å². The molecule has 1 N–H and O–H groups in total. The molecule has 1 aromatic heterocycles. The SMILES string of the molecule is CC1(c2cncn2CC2CCCCS2)CCNCC1. The summed E-state index contributed by atoms with van der Waals surface area (Å²) in [5, 5.41) is 4.27. The summed E-state index contributed by atoms with van der Waals surface area (Å²) in [6.07, 6.45) is 10.8. The minimum absolute atomic E-state index is 0.321. The Hall–Kier alpha value is -0.480. The summed E-state index contributed by atoms with van der Waals surface area (Å²) in [6, 6.07) is 0. The fraction of sp³-hybridized carbons (Fsp3) is 0.800. The zero-order valence-corrected chi connectivity index (χ0v) is 12.7. The zero-order valence-electron chi connectivity index (χ0n) is 11.9. The van der Waals surface area contributed by atoms with Crippen LogP contribution in [0.25, 0.3) is 0 Å². The van der Waals surface area contributed by atoms with Crippen LogP contribution in [0, 0.1) is 0 Å². The monoisotopic (exact) mass is 279 g/mol. The van der Waals surface area contributed by atoms with Gasteiger partial charge in [-0.15, -0.1) is 0 Å². The van der Waals surface area contributed by atoms with Gasteiger partial charge in [0, 0.05) is 29.1 Å². The molecule has 3 nitrogen and oxygen atoms in total. The van der Waals surface area contributed by atoms with Crippen molar-refractivity contribution in [1.29, 1.82) is 0 Å². The van der Waals surface area contributed by atoms with Crippen molar-refractivity contribution in [1.82, 2.24) is 14.9 Å². The van der Waals surface area contributed by atoms with E-state index >= 15 is 0 Å². The number of nitrogens with zero attached hydrogens (tertiary/aromatic N) is 2. The predicted octanol–water partition coefficient (Wildman–Crippen LogP) is 2.81. The Kier molecular flexibility index (Phi) is 4.18. The van der Waals surface area contributed by atoms with Crippen molar-refractivity contribution in [2.45, 2.75) is 56.2 Å². The summed E-state index contributed by atoms with van der Waals surface area (Å²) < 4.78 is 2.44. The quantitative estimate of drug-likeness (QED) is 0.923. The van der Waals surface area contributed by atoms with E-state index in [-0.39, 0.29) is 0 Å². The van der Waals surface area contributed by atoms with Gasteiger partial charge < -0.3 is 9.88 Å². The summed E-state index contributed by atoms with van der Waals surface area (Å²) in [7, 11) is 0. The van der Waals surface area contributed by atoms with E-state index in [1.165, 1.54) is 43.6 Å². The second-order valence-electron chi connectivity index (χ2n) is 6.23. The molecule has 3 heterocycles. The van der Waals surface area contributed by atoms with Crippen LogP contribution in [-0.2, 0) is 12.0 Å². The van der Waals surface area contributed by atoms with E-state index in [4.69, 9.17) is 0 Å². The molecule has 1 atom stereocenters. The van der Waals surface area contributed by atoms with Gasteiger partial charge in [0.1, 0.15) is 0 Å². The van der Waals surface area contributed by atoms with Crippen molar-refractivity contribution in [2.75, 3.05) is 18.8 Å². The number of aromatic nitrogens is 2. The van der Waals surface area contributed by atoms with Crippen LogP contribution in [0.1, 0.15) is 44.7 Å². The number of thioether (sulfide) groups is 1. The first-order chi connectivity index (χ1) is 9.28. The second kappa shape index (κ2) is 5.88. The molecule has 0 bridgehead atoms. The molecule has 3 rings (SSSR count). The summed E-state index contributed by atoms with van der Waals surface area (Å²) in [5.41, 5.74) is 1.78. The normalized spacial score (nSPS) is 27.3. The third-order valence-electron chi connectivity index (χ3n) is 4.71. The zero-order chi connectivity index (χ0) is 13.1. The van der Waals surface area contributed by atoms with Crippen molar-refractivity contribution in [3.63, 3.8) is 0 Å². The van der Waals surface area contributed by atoms with Crippen molar-refractivity contribution in [3.8, 4) is 0 Å². The van der Waals surface area contributed by atoms with E-state index in [1.807, 2.05) is 0 Å². The minimum Gasteiger partial charge on any atom is -0.333 e. The van der Waals surface area contributed by atoms with Gasteiger partial charge in [0.05, 0.1) is 6.33 Å². The Balaban J connectivity index is 1.73. The number of hydrogen-bond donors (Lipinski definition) is 1. The first kappa shape index (κ1) is 13.5. The van der Waals surface area contributed by atoms with Gasteiger partial charge in [-0.05, 0) is 44.5 Å². The molecule has 2 saturated heterocycles. The van der Waals surface area contributed by atoms with Crippen LogP contribution in [0.15, 0.2) is 12.5 Å². The lowest BCUT2D eigenvalue weighted by molar-refractivity contribution is 0.316. The molecule has 0 aliphatic carbocycles. The Morgan fingerprint density at radius 2 is 2.26 bits per heavy atom. The van der Waals surface area contributed by atoms with Crippen molar-refractivity contribution in [2.24, 2.45) is 0 Å².